The minimum atomic E-state index is -0.345. The summed E-state index contributed by atoms with van der Waals surface area (Å²) < 4.78 is 5.02. The molecule has 1 fully saturated rings. The van der Waals surface area contributed by atoms with Crippen LogP contribution in [0.1, 0.15) is 66.6 Å². The lowest BCUT2D eigenvalue weighted by Gasteiger charge is -2.32. The third kappa shape index (κ3) is 6.46. The van der Waals surface area contributed by atoms with Crippen molar-refractivity contribution in [3.63, 3.8) is 0 Å². The first-order valence-corrected chi connectivity index (χ1v) is 11.6. The average molecular weight is 435 g/mol. The average Bonchev–Trinajstić information content (AvgIpc) is 2.83. The van der Waals surface area contributed by atoms with Crippen molar-refractivity contribution in [2.24, 2.45) is 0 Å². The maximum atomic E-state index is 12.9. The second-order valence-electron chi connectivity index (χ2n) is 8.19. The van der Waals surface area contributed by atoms with Gasteiger partial charge in [-0.25, -0.2) is 4.79 Å². The van der Waals surface area contributed by atoms with Crippen LogP contribution in [0.2, 0.25) is 0 Å². The summed E-state index contributed by atoms with van der Waals surface area (Å²) in [7, 11) is 0. The largest absolute Gasteiger partial charge is 0.462 e. The number of amides is 1. The quantitative estimate of drug-likeness (QED) is 0.411. The van der Waals surface area contributed by atoms with E-state index in [0.29, 0.717) is 12.2 Å². The molecule has 3 rings (SSSR count). The Labute approximate surface area is 191 Å². The van der Waals surface area contributed by atoms with Crippen LogP contribution in [0.3, 0.4) is 0 Å². The molecule has 2 aromatic rings. The monoisotopic (exact) mass is 434 g/mol. The van der Waals surface area contributed by atoms with E-state index in [1.165, 1.54) is 30.5 Å². The minimum absolute atomic E-state index is 0.0311. The van der Waals surface area contributed by atoms with Crippen LogP contribution in [0.25, 0.3) is 0 Å². The molecule has 1 atom stereocenters. The molecule has 0 aliphatic carbocycles. The van der Waals surface area contributed by atoms with Crippen LogP contribution in [0.5, 0.6) is 0 Å². The molecule has 0 radical (unpaired) electrons. The third-order valence-corrected chi connectivity index (χ3v) is 5.83. The molecule has 1 aliphatic heterocycles. The van der Waals surface area contributed by atoms with Crippen molar-refractivity contribution in [1.29, 1.82) is 0 Å². The van der Waals surface area contributed by atoms with Crippen LogP contribution in [-0.4, -0.2) is 31.6 Å². The van der Waals surface area contributed by atoms with Gasteiger partial charge in [-0.05, 0) is 68.4 Å². The summed E-state index contributed by atoms with van der Waals surface area (Å²) in [5.41, 5.74) is 3.75. The van der Waals surface area contributed by atoms with Gasteiger partial charge in [0, 0.05) is 18.8 Å². The highest BCUT2D eigenvalue weighted by molar-refractivity contribution is 5.89. The molecule has 0 saturated carbocycles. The molecule has 0 spiro atoms. The standard InChI is InChI=1S/C27H34N2O3/c1-3-5-12-24(23-11-7-8-13-25(23)29-18-9-6-10-19-29)28-26(30)20-21-14-16-22(17-15-21)27(31)32-4-2/h3,7-8,11,13-17,24H,1,4-6,9-10,12,18-20H2,2H3,(H,28,30). The normalized spacial score (nSPS) is 14.5. The Morgan fingerprint density at radius 1 is 1.09 bits per heavy atom. The van der Waals surface area contributed by atoms with Crippen LogP contribution < -0.4 is 10.2 Å². The molecule has 5 nitrogen and oxygen atoms in total. The smallest absolute Gasteiger partial charge is 0.338 e. The Balaban J connectivity index is 1.71. The van der Waals surface area contributed by atoms with Crippen LogP contribution in [0.15, 0.2) is 61.2 Å². The van der Waals surface area contributed by atoms with Gasteiger partial charge in [-0.1, -0.05) is 36.4 Å². The molecule has 1 unspecified atom stereocenters. The maximum absolute atomic E-state index is 12.9. The second kappa shape index (κ2) is 12.1. The van der Waals surface area contributed by atoms with Gasteiger partial charge in [-0.3, -0.25) is 4.79 Å². The molecule has 1 N–H and O–H groups in total. The zero-order valence-corrected chi connectivity index (χ0v) is 19.0. The van der Waals surface area contributed by atoms with Crippen molar-refractivity contribution in [3.8, 4) is 0 Å². The summed E-state index contributed by atoms with van der Waals surface area (Å²) in [6.45, 7) is 8.10. The van der Waals surface area contributed by atoms with Gasteiger partial charge in [0.2, 0.25) is 5.91 Å². The Hall–Kier alpha value is -3.08. The zero-order valence-electron chi connectivity index (χ0n) is 19.0. The number of piperidine rings is 1. The SMILES string of the molecule is C=CCCC(NC(=O)Cc1ccc(C(=O)OCC)cc1)c1ccccc1N1CCCCC1. The zero-order chi connectivity index (χ0) is 22.8. The molecule has 1 saturated heterocycles. The molecular weight excluding hydrogens is 400 g/mol. The molecule has 1 heterocycles. The number of hydrogen-bond acceptors (Lipinski definition) is 4. The number of carbonyl (C=O) groups is 2. The summed E-state index contributed by atoms with van der Waals surface area (Å²) in [6.07, 6.45) is 7.50. The number of nitrogens with one attached hydrogen (secondary N) is 1. The topological polar surface area (TPSA) is 58.6 Å². The summed E-state index contributed by atoms with van der Waals surface area (Å²) in [4.78, 5) is 27.2. The molecule has 5 heteroatoms. The Morgan fingerprint density at radius 2 is 1.81 bits per heavy atom. The molecular formula is C27H34N2O3. The number of para-hydroxylation sites is 1. The van der Waals surface area contributed by atoms with Crippen LogP contribution in [0, 0.1) is 0 Å². The van der Waals surface area contributed by atoms with Gasteiger partial charge >= 0.3 is 5.97 Å². The molecule has 0 aromatic heterocycles. The Bertz CT molecular complexity index is 901. The van der Waals surface area contributed by atoms with E-state index in [1.807, 2.05) is 24.3 Å². The number of nitrogens with zero attached hydrogens (tertiary/aromatic N) is 1. The van der Waals surface area contributed by atoms with Crippen molar-refractivity contribution in [2.45, 2.75) is 51.5 Å². The Kier molecular flexibility index (Phi) is 8.90. The number of allylic oxidation sites excluding steroid dienone is 1. The van der Waals surface area contributed by atoms with Gasteiger partial charge in [-0.2, -0.15) is 0 Å². The number of ether oxygens (including phenoxy) is 1. The van der Waals surface area contributed by atoms with E-state index >= 15 is 0 Å². The molecule has 170 valence electrons. The van der Waals surface area contributed by atoms with Gasteiger partial charge in [0.15, 0.2) is 0 Å². The fourth-order valence-corrected chi connectivity index (χ4v) is 4.20. The number of benzene rings is 2. The predicted molar refractivity (Wildman–Crippen MR) is 129 cm³/mol. The number of hydrogen-bond donors (Lipinski definition) is 1. The van der Waals surface area contributed by atoms with E-state index < -0.39 is 0 Å². The highest BCUT2D eigenvalue weighted by atomic mass is 16.5. The van der Waals surface area contributed by atoms with Crippen molar-refractivity contribution in [1.82, 2.24) is 5.32 Å². The molecule has 2 aromatic carbocycles. The lowest BCUT2D eigenvalue weighted by atomic mass is 9.97. The number of esters is 1. The lowest BCUT2D eigenvalue weighted by molar-refractivity contribution is -0.121. The number of anilines is 1. The number of rotatable bonds is 10. The van der Waals surface area contributed by atoms with Crippen molar-refractivity contribution >= 4 is 17.6 Å². The summed E-state index contributed by atoms with van der Waals surface area (Å²) >= 11 is 0. The molecule has 1 aliphatic rings. The summed E-state index contributed by atoms with van der Waals surface area (Å²) in [5, 5.41) is 3.25. The first kappa shape index (κ1) is 23.6. The summed E-state index contributed by atoms with van der Waals surface area (Å²) in [5.74, 6) is -0.376. The second-order valence-corrected chi connectivity index (χ2v) is 8.19. The van der Waals surface area contributed by atoms with Gasteiger partial charge in [-0.15, -0.1) is 6.58 Å². The highest BCUT2D eigenvalue weighted by Crippen LogP contribution is 2.31. The molecule has 0 bridgehead atoms. The van der Waals surface area contributed by atoms with Gasteiger partial charge in [0.25, 0.3) is 0 Å². The van der Waals surface area contributed by atoms with Gasteiger partial charge < -0.3 is 15.0 Å². The van der Waals surface area contributed by atoms with E-state index in [-0.39, 0.29) is 24.3 Å². The van der Waals surface area contributed by atoms with Crippen LogP contribution >= 0.6 is 0 Å². The number of carbonyl (C=O) groups excluding carboxylic acids is 2. The Morgan fingerprint density at radius 3 is 2.50 bits per heavy atom. The lowest BCUT2D eigenvalue weighted by Crippen LogP contribution is -2.34. The van der Waals surface area contributed by atoms with Crippen LogP contribution in [0.4, 0.5) is 5.69 Å². The summed E-state index contributed by atoms with van der Waals surface area (Å²) in [6, 6.07) is 15.4. The first-order chi connectivity index (χ1) is 15.6. The highest BCUT2D eigenvalue weighted by Gasteiger charge is 2.21. The van der Waals surface area contributed by atoms with Crippen molar-refractivity contribution < 1.29 is 14.3 Å². The minimum Gasteiger partial charge on any atom is -0.462 e. The maximum Gasteiger partial charge on any atom is 0.338 e. The molecule has 32 heavy (non-hydrogen) atoms. The van der Waals surface area contributed by atoms with E-state index in [2.05, 4.69) is 35.0 Å². The van der Waals surface area contributed by atoms with E-state index in [1.54, 1.807) is 19.1 Å². The van der Waals surface area contributed by atoms with E-state index in [9.17, 15) is 9.59 Å². The third-order valence-electron chi connectivity index (χ3n) is 5.83. The van der Waals surface area contributed by atoms with Crippen molar-refractivity contribution in [3.05, 3.63) is 77.9 Å². The molecule has 1 amide bonds. The van der Waals surface area contributed by atoms with Gasteiger partial charge in [0.1, 0.15) is 0 Å². The first-order valence-electron chi connectivity index (χ1n) is 11.6. The van der Waals surface area contributed by atoms with Gasteiger partial charge in [0.05, 0.1) is 24.6 Å². The predicted octanol–water partition coefficient (Wildman–Crippen LogP) is 5.22. The fraction of sp³-hybridized carbons (Fsp3) is 0.407. The van der Waals surface area contributed by atoms with Crippen LogP contribution in [-0.2, 0) is 16.0 Å². The van der Waals surface area contributed by atoms with E-state index in [4.69, 9.17) is 4.74 Å². The van der Waals surface area contributed by atoms with Crippen molar-refractivity contribution in [2.75, 3.05) is 24.6 Å². The fourth-order valence-electron chi connectivity index (χ4n) is 4.20. The van der Waals surface area contributed by atoms with E-state index in [0.717, 1.165) is 31.5 Å².